The van der Waals surface area contributed by atoms with Crippen molar-refractivity contribution in [3.63, 3.8) is 0 Å². The van der Waals surface area contributed by atoms with Gasteiger partial charge < -0.3 is 19.9 Å². The quantitative estimate of drug-likeness (QED) is 0.269. The van der Waals surface area contributed by atoms with Gasteiger partial charge in [-0.1, -0.05) is 68.4 Å². The number of phenolic OH excluding ortho intramolecular Hbond substituents is 1. The second-order valence-electron chi connectivity index (χ2n) is 6.50. The Morgan fingerprint density at radius 2 is 1.55 bits per heavy atom. The van der Waals surface area contributed by atoms with Crippen LogP contribution in [0.25, 0.3) is 0 Å². The number of aromatic hydroxyl groups is 1. The molecule has 0 saturated carbocycles. The predicted octanol–water partition coefficient (Wildman–Crippen LogP) is 8.36. The first-order chi connectivity index (χ1) is 14.8. The number of nitrogens with one attached hydrogen (secondary N) is 1. The summed E-state index contributed by atoms with van der Waals surface area (Å²) in [6, 6.07) is 12.3. The molecule has 164 valence electrons. The lowest BCUT2D eigenvalue weighted by Crippen LogP contribution is -2.04. The standard InChI is InChI=1S/C22H18BrCl4NO3/c1-2-30-20-6-13(10-28-14-7-18(26)22(29)19(27)8-14)15(23)9-21(20)31-11-12-3-4-16(24)17(25)5-12/h3-9,28-29H,2,10-11H2,1H3. The third-order valence-corrected chi connectivity index (χ3v) is 6.34. The Morgan fingerprint density at radius 3 is 2.19 bits per heavy atom. The third-order valence-electron chi connectivity index (χ3n) is 4.29. The van der Waals surface area contributed by atoms with Gasteiger partial charge in [0, 0.05) is 16.7 Å². The van der Waals surface area contributed by atoms with Crippen LogP contribution in [0.3, 0.4) is 0 Å². The van der Waals surface area contributed by atoms with Crippen LogP contribution in [0, 0.1) is 0 Å². The summed E-state index contributed by atoms with van der Waals surface area (Å²) in [5.41, 5.74) is 2.50. The minimum atomic E-state index is -0.142. The van der Waals surface area contributed by atoms with Crippen LogP contribution >= 0.6 is 62.3 Å². The van der Waals surface area contributed by atoms with Crippen molar-refractivity contribution >= 4 is 68.0 Å². The monoisotopic (exact) mass is 563 g/mol. The van der Waals surface area contributed by atoms with Gasteiger partial charge in [-0.25, -0.2) is 0 Å². The Morgan fingerprint density at radius 1 is 0.871 bits per heavy atom. The zero-order valence-electron chi connectivity index (χ0n) is 16.3. The van der Waals surface area contributed by atoms with Crippen molar-refractivity contribution in [2.45, 2.75) is 20.1 Å². The average molecular weight is 566 g/mol. The number of ether oxygens (including phenoxy) is 2. The Kier molecular flexibility index (Phi) is 8.48. The first-order valence-electron chi connectivity index (χ1n) is 9.22. The molecule has 0 spiro atoms. The topological polar surface area (TPSA) is 50.7 Å². The Bertz CT molecular complexity index is 1070. The van der Waals surface area contributed by atoms with Gasteiger partial charge in [-0.15, -0.1) is 0 Å². The van der Waals surface area contributed by atoms with E-state index in [2.05, 4.69) is 21.2 Å². The van der Waals surface area contributed by atoms with E-state index in [1.165, 1.54) is 0 Å². The summed E-state index contributed by atoms with van der Waals surface area (Å²) in [4.78, 5) is 0. The van der Waals surface area contributed by atoms with E-state index in [9.17, 15) is 5.11 Å². The molecule has 0 aliphatic carbocycles. The molecular weight excluding hydrogens is 548 g/mol. The summed E-state index contributed by atoms with van der Waals surface area (Å²) in [6.07, 6.45) is 0. The molecule has 0 aromatic heterocycles. The highest BCUT2D eigenvalue weighted by atomic mass is 79.9. The highest BCUT2D eigenvalue weighted by Crippen LogP contribution is 2.37. The second kappa shape index (κ2) is 10.9. The maximum Gasteiger partial charge on any atom is 0.162 e. The van der Waals surface area contributed by atoms with Crippen LogP contribution in [0.2, 0.25) is 20.1 Å². The molecule has 0 aliphatic rings. The van der Waals surface area contributed by atoms with Gasteiger partial charge >= 0.3 is 0 Å². The van der Waals surface area contributed by atoms with Crippen molar-refractivity contribution in [3.05, 3.63) is 78.2 Å². The van der Waals surface area contributed by atoms with Crippen molar-refractivity contribution < 1.29 is 14.6 Å². The van der Waals surface area contributed by atoms with E-state index in [1.54, 1.807) is 24.3 Å². The molecule has 3 aromatic carbocycles. The first kappa shape index (κ1) is 24.1. The van der Waals surface area contributed by atoms with Crippen molar-refractivity contribution in [1.29, 1.82) is 0 Å². The van der Waals surface area contributed by atoms with Crippen molar-refractivity contribution in [1.82, 2.24) is 0 Å². The lowest BCUT2D eigenvalue weighted by molar-refractivity contribution is 0.269. The summed E-state index contributed by atoms with van der Waals surface area (Å²) in [7, 11) is 0. The number of benzene rings is 3. The molecule has 0 atom stereocenters. The van der Waals surface area contributed by atoms with E-state index < -0.39 is 0 Å². The molecule has 0 heterocycles. The number of halogens is 5. The summed E-state index contributed by atoms with van der Waals surface area (Å²) < 4.78 is 12.6. The molecule has 0 saturated heterocycles. The van der Waals surface area contributed by atoms with E-state index in [1.807, 2.05) is 25.1 Å². The lowest BCUT2D eigenvalue weighted by atomic mass is 10.2. The largest absolute Gasteiger partial charge is 0.505 e. The number of rotatable bonds is 8. The van der Waals surface area contributed by atoms with E-state index in [-0.39, 0.29) is 15.8 Å². The number of anilines is 1. The Labute approximate surface area is 209 Å². The van der Waals surface area contributed by atoms with Gasteiger partial charge in [0.2, 0.25) is 0 Å². The van der Waals surface area contributed by atoms with Crippen LogP contribution in [0.4, 0.5) is 5.69 Å². The van der Waals surface area contributed by atoms with Crippen LogP contribution in [0.5, 0.6) is 17.2 Å². The van der Waals surface area contributed by atoms with Crippen LogP contribution in [0.1, 0.15) is 18.1 Å². The van der Waals surface area contributed by atoms with Gasteiger partial charge in [0.25, 0.3) is 0 Å². The van der Waals surface area contributed by atoms with Crippen LogP contribution in [-0.4, -0.2) is 11.7 Å². The zero-order valence-corrected chi connectivity index (χ0v) is 20.9. The molecule has 9 heteroatoms. The van der Waals surface area contributed by atoms with E-state index in [4.69, 9.17) is 55.9 Å². The molecule has 0 radical (unpaired) electrons. The Balaban J connectivity index is 1.77. The Hall–Kier alpha value is -1.50. The third kappa shape index (κ3) is 6.27. The van der Waals surface area contributed by atoms with Gasteiger partial charge in [-0.05, 0) is 54.4 Å². The molecule has 3 rings (SSSR count). The van der Waals surface area contributed by atoms with E-state index in [0.717, 1.165) is 15.6 Å². The van der Waals surface area contributed by atoms with Gasteiger partial charge in [-0.3, -0.25) is 0 Å². The summed E-state index contributed by atoms with van der Waals surface area (Å²) in [6.45, 7) is 3.17. The molecule has 31 heavy (non-hydrogen) atoms. The first-order valence-corrected chi connectivity index (χ1v) is 11.5. The molecule has 0 fully saturated rings. The van der Waals surface area contributed by atoms with E-state index in [0.29, 0.717) is 47.0 Å². The molecular formula is C22H18BrCl4NO3. The summed E-state index contributed by atoms with van der Waals surface area (Å²) in [5, 5.41) is 14.3. The predicted molar refractivity (Wildman–Crippen MR) is 132 cm³/mol. The molecule has 0 aliphatic heterocycles. The van der Waals surface area contributed by atoms with Crippen LogP contribution in [-0.2, 0) is 13.2 Å². The maximum atomic E-state index is 9.70. The average Bonchev–Trinajstić information content (AvgIpc) is 2.73. The minimum absolute atomic E-state index is 0.142. The second-order valence-corrected chi connectivity index (χ2v) is 8.99. The van der Waals surface area contributed by atoms with Gasteiger partial charge in [0.1, 0.15) is 6.61 Å². The van der Waals surface area contributed by atoms with Gasteiger partial charge in [-0.2, -0.15) is 0 Å². The fourth-order valence-corrected chi connectivity index (χ4v) is 4.02. The zero-order chi connectivity index (χ0) is 22.5. The number of phenols is 1. The molecule has 0 unspecified atom stereocenters. The number of hydrogen-bond acceptors (Lipinski definition) is 4. The lowest BCUT2D eigenvalue weighted by Gasteiger charge is -2.16. The fraction of sp³-hybridized carbons (Fsp3) is 0.182. The van der Waals surface area contributed by atoms with Gasteiger partial charge in [0.05, 0.1) is 26.7 Å². The number of hydrogen-bond donors (Lipinski definition) is 2. The fourth-order valence-electron chi connectivity index (χ4n) is 2.75. The molecule has 4 nitrogen and oxygen atoms in total. The summed E-state index contributed by atoms with van der Waals surface area (Å²) in [5.74, 6) is 1.07. The van der Waals surface area contributed by atoms with Crippen molar-refractivity contribution in [2.75, 3.05) is 11.9 Å². The molecule has 3 aromatic rings. The maximum absolute atomic E-state index is 9.70. The van der Waals surface area contributed by atoms with Crippen LogP contribution in [0.15, 0.2) is 46.9 Å². The normalized spacial score (nSPS) is 10.8. The van der Waals surface area contributed by atoms with E-state index >= 15 is 0 Å². The highest BCUT2D eigenvalue weighted by Gasteiger charge is 2.13. The van der Waals surface area contributed by atoms with Crippen molar-refractivity contribution in [2.24, 2.45) is 0 Å². The van der Waals surface area contributed by atoms with Crippen LogP contribution < -0.4 is 14.8 Å². The molecule has 2 N–H and O–H groups in total. The minimum Gasteiger partial charge on any atom is -0.505 e. The van der Waals surface area contributed by atoms with Crippen molar-refractivity contribution in [3.8, 4) is 17.2 Å². The molecule has 0 amide bonds. The van der Waals surface area contributed by atoms with Gasteiger partial charge in [0.15, 0.2) is 17.2 Å². The highest BCUT2D eigenvalue weighted by molar-refractivity contribution is 9.10. The SMILES string of the molecule is CCOc1cc(CNc2cc(Cl)c(O)c(Cl)c2)c(Br)cc1OCc1ccc(Cl)c(Cl)c1. The molecule has 0 bridgehead atoms. The smallest absolute Gasteiger partial charge is 0.162 e. The summed E-state index contributed by atoms with van der Waals surface area (Å²) >= 11 is 27.6.